The molecule has 8 nitrogen and oxygen atoms in total. The lowest BCUT2D eigenvalue weighted by Crippen LogP contribution is -2.26. The predicted octanol–water partition coefficient (Wildman–Crippen LogP) is 2.80. The Labute approximate surface area is 156 Å². The number of ether oxygens (including phenoxy) is 1. The van der Waals surface area contributed by atoms with Gasteiger partial charge in [-0.3, -0.25) is 4.79 Å². The van der Waals surface area contributed by atoms with Crippen molar-refractivity contribution in [3.8, 4) is 11.4 Å². The van der Waals surface area contributed by atoms with Gasteiger partial charge in [0.2, 0.25) is 5.89 Å². The number of benzene rings is 1. The first kappa shape index (κ1) is 17.3. The minimum absolute atomic E-state index is 0.161. The molecule has 0 bridgehead atoms. The zero-order chi connectivity index (χ0) is 18.8. The fraction of sp³-hybridized carbons (Fsp3) is 0.368. The van der Waals surface area contributed by atoms with Crippen LogP contribution >= 0.6 is 0 Å². The molecule has 0 N–H and O–H groups in total. The summed E-state index contributed by atoms with van der Waals surface area (Å²) in [4.78, 5) is 18.7. The first-order valence-electron chi connectivity index (χ1n) is 8.91. The van der Waals surface area contributed by atoms with Crippen molar-refractivity contribution in [1.82, 2.24) is 24.8 Å². The van der Waals surface area contributed by atoms with Gasteiger partial charge in [-0.25, -0.2) is 4.68 Å². The Morgan fingerprint density at radius 1 is 1.37 bits per heavy atom. The molecule has 0 aliphatic heterocycles. The molecule has 8 heteroatoms. The smallest absolute Gasteiger partial charge is 0.257 e. The van der Waals surface area contributed by atoms with Gasteiger partial charge in [0.05, 0.1) is 25.4 Å². The Hall–Kier alpha value is -3.16. The van der Waals surface area contributed by atoms with E-state index in [0.717, 1.165) is 18.5 Å². The van der Waals surface area contributed by atoms with Gasteiger partial charge in [-0.1, -0.05) is 23.7 Å². The van der Waals surface area contributed by atoms with Crippen LogP contribution in [0.2, 0.25) is 0 Å². The number of nitrogens with zero attached hydrogens (tertiary/aromatic N) is 5. The maximum Gasteiger partial charge on any atom is 0.257 e. The molecule has 140 valence electrons. The third-order valence-corrected chi connectivity index (χ3v) is 4.83. The summed E-state index contributed by atoms with van der Waals surface area (Å²) in [5.41, 5.74) is 1.25. The van der Waals surface area contributed by atoms with Crippen molar-refractivity contribution in [2.75, 3.05) is 14.2 Å². The highest BCUT2D eigenvalue weighted by atomic mass is 16.5. The molecule has 1 fully saturated rings. The summed E-state index contributed by atoms with van der Waals surface area (Å²) in [7, 11) is 3.31. The van der Waals surface area contributed by atoms with Crippen LogP contribution in [-0.2, 0) is 6.54 Å². The Morgan fingerprint density at radius 3 is 2.93 bits per heavy atom. The summed E-state index contributed by atoms with van der Waals surface area (Å²) < 4.78 is 12.3. The van der Waals surface area contributed by atoms with Gasteiger partial charge in [0.25, 0.3) is 5.91 Å². The van der Waals surface area contributed by atoms with Gasteiger partial charge in [0.1, 0.15) is 11.4 Å². The van der Waals surface area contributed by atoms with Crippen molar-refractivity contribution in [2.24, 2.45) is 0 Å². The number of hydrogen-bond donors (Lipinski definition) is 0. The molecule has 4 rings (SSSR count). The third-order valence-electron chi connectivity index (χ3n) is 4.83. The summed E-state index contributed by atoms with van der Waals surface area (Å²) >= 11 is 0. The lowest BCUT2D eigenvalue weighted by atomic mass is 9.85. The van der Waals surface area contributed by atoms with E-state index in [1.165, 1.54) is 6.42 Å². The van der Waals surface area contributed by atoms with Crippen LogP contribution in [0, 0.1) is 0 Å². The monoisotopic (exact) mass is 367 g/mol. The van der Waals surface area contributed by atoms with Crippen LogP contribution in [0.3, 0.4) is 0 Å². The van der Waals surface area contributed by atoms with Crippen LogP contribution in [0.1, 0.15) is 47.3 Å². The second-order valence-electron chi connectivity index (χ2n) is 6.68. The van der Waals surface area contributed by atoms with Gasteiger partial charge in [-0.15, -0.1) is 0 Å². The highest BCUT2D eigenvalue weighted by Gasteiger charge is 2.26. The normalized spacial score (nSPS) is 14.0. The average Bonchev–Trinajstić information content (AvgIpc) is 3.29. The summed E-state index contributed by atoms with van der Waals surface area (Å²) in [6.07, 6.45) is 6.63. The molecule has 1 saturated carbocycles. The number of carbonyl (C=O) groups is 1. The van der Waals surface area contributed by atoms with E-state index in [1.54, 1.807) is 36.1 Å². The summed E-state index contributed by atoms with van der Waals surface area (Å²) in [5, 5.41) is 8.28. The third kappa shape index (κ3) is 3.42. The van der Waals surface area contributed by atoms with Crippen molar-refractivity contribution >= 4 is 5.91 Å². The number of amides is 1. The largest absolute Gasteiger partial charge is 0.494 e. The Morgan fingerprint density at radius 2 is 2.19 bits per heavy atom. The van der Waals surface area contributed by atoms with Crippen LogP contribution < -0.4 is 4.74 Å². The second kappa shape index (κ2) is 7.22. The zero-order valence-electron chi connectivity index (χ0n) is 15.3. The first-order valence-corrected chi connectivity index (χ1v) is 8.91. The van der Waals surface area contributed by atoms with Gasteiger partial charge >= 0.3 is 0 Å². The molecule has 1 aliphatic carbocycles. The van der Waals surface area contributed by atoms with Crippen LogP contribution in [0.25, 0.3) is 5.69 Å². The van der Waals surface area contributed by atoms with Gasteiger partial charge in [0, 0.05) is 19.2 Å². The first-order chi connectivity index (χ1) is 13.2. The molecule has 0 spiro atoms. The van der Waals surface area contributed by atoms with E-state index in [0.29, 0.717) is 28.9 Å². The highest BCUT2D eigenvalue weighted by molar-refractivity contribution is 5.93. The van der Waals surface area contributed by atoms with E-state index in [9.17, 15) is 4.79 Å². The van der Waals surface area contributed by atoms with E-state index >= 15 is 0 Å². The van der Waals surface area contributed by atoms with Gasteiger partial charge in [-0.2, -0.15) is 10.1 Å². The van der Waals surface area contributed by atoms with Gasteiger partial charge in [0.15, 0.2) is 5.82 Å². The molecular formula is C19H21N5O3. The minimum atomic E-state index is -0.161. The topological polar surface area (TPSA) is 86.3 Å². The van der Waals surface area contributed by atoms with Crippen LogP contribution in [-0.4, -0.2) is 44.9 Å². The van der Waals surface area contributed by atoms with Crippen LogP contribution in [0.4, 0.5) is 0 Å². The maximum atomic E-state index is 12.7. The highest BCUT2D eigenvalue weighted by Crippen LogP contribution is 2.35. The fourth-order valence-corrected chi connectivity index (χ4v) is 3.04. The maximum absolute atomic E-state index is 12.7. The number of carbonyl (C=O) groups excluding carboxylic acids is 1. The molecule has 1 aliphatic rings. The quantitative estimate of drug-likeness (QED) is 0.666. The molecule has 0 saturated heterocycles. The summed E-state index contributed by atoms with van der Waals surface area (Å²) in [5.74, 6) is 2.10. The Kier molecular flexibility index (Phi) is 4.62. The SMILES string of the molecule is COc1ccccc1-n1cc(C(=O)N(C)Cc2noc(C3CCC3)n2)cn1. The van der Waals surface area contributed by atoms with Crippen molar-refractivity contribution in [3.05, 3.63) is 53.9 Å². The molecule has 2 heterocycles. The summed E-state index contributed by atoms with van der Waals surface area (Å²) in [6.45, 7) is 0.287. The predicted molar refractivity (Wildman–Crippen MR) is 96.8 cm³/mol. The molecule has 2 aromatic heterocycles. The Bertz CT molecular complexity index is 944. The second-order valence-corrected chi connectivity index (χ2v) is 6.68. The summed E-state index contributed by atoms with van der Waals surface area (Å²) in [6, 6.07) is 7.50. The molecular weight excluding hydrogens is 346 g/mol. The van der Waals surface area contributed by atoms with E-state index in [2.05, 4.69) is 15.2 Å². The van der Waals surface area contributed by atoms with E-state index in [4.69, 9.17) is 9.26 Å². The molecule has 1 amide bonds. The van der Waals surface area contributed by atoms with Crippen LogP contribution in [0.5, 0.6) is 5.75 Å². The standard InChI is InChI=1S/C19H21N5O3/c1-23(12-17-21-18(27-22-17)13-6-5-7-13)19(25)14-10-20-24(11-14)15-8-3-4-9-16(15)26-2/h3-4,8-11,13H,5-7,12H2,1-2H3. The van der Waals surface area contributed by atoms with Crippen LogP contribution in [0.15, 0.2) is 41.2 Å². The van der Waals surface area contributed by atoms with E-state index in [1.807, 2.05) is 24.3 Å². The lowest BCUT2D eigenvalue weighted by molar-refractivity contribution is 0.0780. The number of rotatable bonds is 6. The number of aromatic nitrogens is 4. The van der Waals surface area contributed by atoms with Crippen molar-refractivity contribution < 1.29 is 14.1 Å². The van der Waals surface area contributed by atoms with E-state index < -0.39 is 0 Å². The number of methoxy groups -OCH3 is 1. The molecule has 3 aromatic rings. The molecule has 27 heavy (non-hydrogen) atoms. The Balaban J connectivity index is 1.46. The van der Waals surface area contributed by atoms with Crippen molar-refractivity contribution in [3.63, 3.8) is 0 Å². The lowest BCUT2D eigenvalue weighted by Gasteiger charge is -2.20. The minimum Gasteiger partial charge on any atom is -0.494 e. The zero-order valence-corrected chi connectivity index (χ0v) is 15.3. The average molecular weight is 367 g/mol. The molecule has 1 aromatic carbocycles. The van der Waals surface area contributed by atoms with Gasteiger partial charge in [-0.05, 0) is 25.0 Å². The van der Waals surface area contributed by atoms with Crippen molar-refractivity contribution in [1.29, 1.82) is 0 Å². The molecule has 0 radical (unpaired) electrons. The number of hydrogen-bond acceptors (Lipinski definition) is 6. The fourth-order valence-electron chi connectivity index (χ4n) is 3.04. The molecule has 0 unspecified atom stereocenters. The van der Waals surface area contributed by atoms with Gasteiger partial charge < -0.3 is 14.2 Å². The molecule has 0 atom stereocenters. The van der Waals surface area contributed by atoms with Crippen molar-refractivity contribution in [2.45, 2.75) is 31.7 Å². The number of para-hydroxylation sites is 2. The van der Waals surface area contributed by atoms with E-state index in [-0.39, 0.29) is 12.5 Å².